The second-order valence-electron chi connectivity index (χ2n) is 6.20. The maximum Gasteiger partial charge on any atom is 0.263 e. The Morgan fingerprint density at radius 3 is 2.88 bits per heavy atom. The smallest absolute Gasteiger partial charge is 0.263 e. The van der Waals surface area contributed by atoms with Crippen molar-refractivity contribution in [3.05, 3.63) is 40.5 Å². The van der Waals surface area contributed by atoms with Crippen molar-refractivity contribution in [2.24, 2.45) is 0 Å². The molecule has 0 saturated carbocycles. The molecule has 0 saturated heterocycles. The molecule has 0 aliphatic carbocycles. The Labute approximate surface area is 154 Å². The Morgan fingerprint density at radius 2 is 2.08 bits per heavy atom. The number of carbonyl (C=O) groups is 1. The van der Waals surface area contributed by atoms with Crippen molar-refractivity contribution in [2.75, 3.05) is 26.2 Å². The number of anilines is 1. The standard InChI is InChI=1S/C18H18N4O3S/c1-10-14-16(19-7-11-4-5-12-13(6-11)25-9-24-12)20-8-21-17(14)26-15(10)18(23)22(2)3/h4-6,8H,7,9H2,1-3H3,(H,19,20,21). The van der Waals surface area contributed by atoms with Crippen LogP contribution in [-0.4, -0.2) is 41.7 Å². The molecule has 1 amide bonds. The molecule has 7 nitrogen and oxygen atoms in total. The molecule has 0 radical (unpaired) electrons. The van der Waals surface area contributed by atoms with Crippen LogP contribution in [-0.2, 0) is 6.54 Å². The topological polar surface area (TPSA) is 76.6 Å². The van der Waals surface area contributed by atoms with Crippen LogP contribution in [0.1, 0.15) is 20.8 Å². The zero-order chi connectivity index (χ0) is 18.3. The Bertz CT molecular complexity index is 1000. The maximum absolute atomic E-state index is 12.4. The van der Waals surface area contributed by atoms with Crippen LogP contribution in [0.3, 0.4) is 0 Å². The second kappa shape index (κ2) is 6.45. The third-order valence-electron chi connectivity index (χ3n) is 4.22. The first-order chi connectivity index (χ1) is 12.5. The molecule has 8 heteroatoms. The molecule has 3 heterocycles. The van der Waals surface area contributed by atoms with E-state index >= 15 is 0 Å². The SMILES string of the molecule is Cc1c(C(=O)N(C)C)sc2ncnc(NCc3ccc4c(c3)OCO4)c12. The summed E-state index contributed by atoms with van der Waals surface area (Å²) < 4.78 is 10.8. The van der Waals surface area contributed by atoms with Gasteiger partial charge in [0.05, 0.1) is 10.3 Å². The molecule has 0 bridgehead atoms. The fourth-order valence-corrected chi connectivity index (χ4v) is 4.02. The van der Waals surface area contributed by atoms with Crippen LogP contribution in [0.4, 0.5) is 5.82 Å². The van der Waals surface area contributed by atoms with E-state index in [2.05, 4.69) is 15.3 Å². The number of hydrogen-bond acceptors (Lipinski definition) is 7. The van der Waals surface area contributed by atoms with Crippen LogP contribution in [0.5, 0.6) is 11.5 Å². The average molecular weight is 370 g/mol. The van der Waals surface area contributed by atoms with Crippen molar-refractivity contribution in [1.82, 2.24) is 14.9 Å². The van der Waals surface area contributed by atoms with Crippen LogP contribution in [0, 0.1) is 6.92 Å². The number of carbonyl (C=O) groups excluding carboxylic acids is 1. The highest BCUT2D eigenvalue weighted by Crippen LogP contribution is 2.35. The molecule has 0 atom stereocenters. The van der Waals surface area contributed by atoms with E-state index in [-0.39, 0.29) is 12.7 Å². The van der Waals surface area contributed by atoms with Gasteiger partial charge in [-0.05, 0) is 30.2 Å². The number of benzene rings is 1. The lowest BCUT2D eigenvalue weighted by Gasteiger charge is -2.10. The monoisotopic (exact) mass is 370 g/mol. The van der Waals surface area contributed by atoms with Crippen molar-refractivity contribution in [2.45, 2.75) is 13.5 Å². The lowest BCUT2D eigenvalue weighted by Crippen LogP contribution is -2.21. The summed E-state index contributed by atoms with van der Waals surface area (Å²) in [5, 5.41) is 4.24. The van der Waals surface area contributed by atoms with Crippen LogP contribution in [0.15, 0.2) is 24.5 Å². The van der Waals surface area contributed by atoms with Gasteiger partial charge in [0.15, 0.2) is 11.5 Å². The molecule has 0 unspecified atom stereocenters. The minimum atomic E-state index is -0.0211. The van der Waals surface area contributed by atoms with Gasteiger partial charge < -0.3 is 19.7 Å². The molecule has 26 heavy (non-hydrogen) atoms. The van der Waals surface area contributed by atoms with E-state index in [1.807, 2.05) is 25.1 Å². The fourth-order valence-electron chi connectivity index (χ4n) is 2.85. The molecule has 1 N–H and O–H groups in total. The first-order valence-electron chi connectivity index (χ1n) is 8.12. The van der Waals surface area contributed by atoms with Gasteiger partial charge in [0.25, 0.3) is 5.91 Å². The van der Waals surface area contributed by atoms with E-state index in [1.54, 1.807) is 19.0 Å². The number of fused-ring (bicyclic) bond motifs is 2. The van der Waals surface area contributed by atoms with Gasteiger partial charge in [-0.25, -0.2) is 9.97 Å². The van der Waals surface area contributed by atoms with E-state index in [0.717, 1.165) is 38.7 Å². The molecule has 1 aliphatic rings. The summed E-state index contributed by atoms with van der Waals surface area (Å²) in [5.41, 5.74) is 1.95. The van der Waals surface area contributed by atoms with E-state index in [1.165, 1.54) is 17.7 Å². The average Bonchev–Trinajstić information content (AvgIpc) is 3.23. The van der Waals surface area contributed by atoms with Gasteiger partial charge in [0.2, 0.25) is 6.79 Å². The molecule has 0 fully saturated rings. The third kappa shape index (κ3) is 2.82. The second-order valence-corrected chi connectivity index (χ2v) is 7.20. The lowest BCUT2D eigenvalue weighted by molar-refractivity contribution is 0.0831. The van der Waals surface area contributed by atoms with Gasteiger partial charge in [-0.15, -0.1) is 11.3 Å². The number of nitrogens with one attached hydrogen (secondary N) is 1. The molecule has 2 aromatic heterocycles. The largest absolute Gasteiger partial charge is 0.454 e. The van der Waals surface area contributed by atoms with Gasteiger partial charge in [0, 0.05) is 20.6 Å². The normalized spacial score (nSPS) is 12.4. The molecule has 134 valence electrons. The van der Waals surface area contributed by atoms with Gasteiger partial charge in [-0.2, -0.15) is 0 Å². The highest BCUT2D eigenvalue weighted by atomic mass is 32.1. The summed E-state index contributed by atoms with van der Waals surface area (Å²) in [4.78, 5) is 24.1. The van der Waals surface area contributed by atoms with Crippen LogP contribution in [0.25, 0.3) is 10.2 Å². The summed E-state index contributed by atoms with van der Waals surface area (Å²) in [6.45, 7) is 2.77. The number of aryl methyl sites for hydroxylation is 1. The van der Waals surface area contributed by atoms with Crippen LogP contribution in [0.2, 0.25) is 0 Å². The Hall–Kier alpha value is -2.87. The van der Waals surface area contributed by atoms with Crippen molar-refractivity contribution >= 4 is 33.3 Å². The van der Waals surface area contributed by atoms with Crippen molar-refractivity contribution in [3.8, 4) is 11.5 Å². The van der Waals surface area contributed by atoms with E-state index in [9.17, 15) is 4.79 Å². The number of ether oxygens (including phenoxy) is 2. The maximum atomic E-state index is 12.4. The summed E-state index contributed by atoms with van der Waals surface area (Å²) in [6, 6.07) is 5.84. The third-order valence-corrected chi connectivity index (χ3v) is 5.41. The van der Waals surface area contributed by atoms with Gasteiger partial charge in [-0.3, -0.25) is 4.79 Å². The summed E-state index contributed by atoms with van der Waals surface area (Å²) >= 11 is 1.39. The molecule has 3 aromatic rings. The Morgan fingerprint density at radius 1 is 1.27 bits per heavy atom. The number of thiophene rings is 1. The number of amides is 1. The van der Waals surface area contributed by atoms with Crippen molar-refractivity contribution < 1.29 is 14.3 Å². The Kier molecular flexibility index (Phi) is 4.12. The lowest BCUT2D eigenvalue weighted by atomic mass is 10.1. The predicted molar refractivity (Wildman–Crippen MR) is 100 cm³/mol. The molecule has 0 spiro atoms. The van der Waals surface area contributed by atoms with Gasteiger partial charge >= 0.3 is 0 Å². The molecular weight excluding hydrogens is 352 g/mol. The highest BCUT2D eigenvalue weighted by Gasteiger charge is 2.20. The zero-order valence-corrected chi connectivity index (χ0v) is 15.5. The number of aromatic nitrogens is 2. The fraction of sp³-hybridized carbons (Fsp3) is 0.278. The van der Waals surface area contributed by atoms with E-state index in [4.69, 9.17) is 9.47 Å². The van der Waals surface area contributed by atoms with E-state index in [0.29, 0.717) is 11.4 Å². The van der Waals surface area contributed by atoms with E-state index < -0.39 is 0 Å². The predicted octanol–water partition coefficient (Wildman–Crippen LogP) is 3.04. The first kappa shape index (κ1) is 16.6. The van der Waals surface area contributed by atoms with Gasteiger partial charge in [0.1, 0.15) is 17.0 Å². The summed E-state index contributed by atoms with van der Waals surface area (Å²) in [6.07, 6.45) is 1.52. The highest BCUT2D eigenvalue weighted by molar-refractivity contribution is 7.20. The van der Waals surface area contributed by atoms with Crippen molar-refractivity contribution in [3.63, 3.8) is 0 Å². The van der Waals surface area contributed by atoms with Crippen LogP contribution < -0.4 is 14.8 Å². The molecular formula is C18H18N4O3S. The molecule has 1 aliphatic heterocycles. The molecule has 4 rings (SSSR count). The minimum absolute atomic E-state index is 0.0211. The molecule has 1 aromatic carbocycles. The first-order valence-corrected chi connectivity index (χ1v) is 8.94. The van der Waals surface area contributed by atoms with Crippen LogP contribution >= 0.6 is 11.3 Å². The van der Waals surface area contributed by atoms with Gasteiger partial charge in [-0.1, -0.05) is 6.07 Å². The number of nitrogens with zero attached hydrogens (tertiary/aromatic N) is 3. The number of rotatable bonds is 4. The summed E-state index contributed by atoms with van der Waals surface area (Å²) in [7, 11) is 3.49. The van der Waals surface area contributed by atoms with Crippen molar-refractivity contribution in [1.29, 1.82) is 0 Å². The Balaban J connectivity index is 1.63. The number of hydrogen-bond donors (Lipinski definition) is 1. The summed E-state index contributed by atoms with van der Waals surface area (Å²) in [5.74, 6) is 2.22. The zero-order valence-electron chi connectivity index (χ0n) is 14.7. The quantitative estimate of drug-likeness (QED) is 0.761. The minimum Gasteiger partial charge on any atom is -0.454 e.